The SMILES string of the molecule is COc1cc(/C=C\C=C\c2nc3ncccc3o2)ccc1O. The molecule has 0 amide bonds. The van der Waals surface area contributed by atoms with Crippen LogP contribution in [0.2, 0.25) is 0 Å². The summed E-state index contributed by atoms with van der Waals surface area (Å²) in [6.45, 7) is 0. The van der Waals surface area contributed by atoms with Crippen molar-refractivity contribution in [3.05, 3.63) is 60.1 Å². The molecule has 0 spiro atoms. The highest BCUT2D eigenvalue weighted by atomic mass is 16.5. The number of hydrogen-bond acceptors (Lipinski definition) is 5. The number of allylic oxidation sites excluding steroid dienone is 2. The molecule has 22 heavy (non-hydrogen) atoms. The quantitative estimate of drug-likeness (QED) is 0.744. The lowest BCUT2D eigenvalue weighted by Crippen LogP contribution is -1.83. The fourth-order valence-corrected chi connectivity index (χ4v) is 1.96. The minimum Gasteiger partial charge on any atom is -0.504 e. The Bertz CT molecular complexity index is 817. The van der Waals surface area contributed by atoms with Crippen LogP contribution < -0.4 is 4.74 Å². The molecule has 3 aromatic rings. The lowest BCUT2D eigenvalue weighted by molar-refractivity contribution is 0.373. The van der Waals surface area contributed by atoms with Gasteiger partial charge in [0.25, 0.3) is 0 Å². The third-order valence-corrected chi connectivity index (χ3v) is 3.02. The van der Waals surface area contributed by atoms with E-state index < -0.39 is 0 Å². The Balaban J connectivity index is 1.73. The first-order valence-corrected chi connectivity index (χ1v) is 6.69. The zero-order valence-corrected chi connectivity index (χ0v) is 11.9. The van der Waals surface area contributed by atoms with E-state index in [-0.39, 0.29) is 5.75 Å². The summed E-state index contributed by atoms with van der Waals surface area (Å²) >= 11 is 0. The van der Waals surface area contributed by atoms with Gasteiger partial charge in [-0.05, 0) is 29.8 Å². The minimum absolute atomic E-state index is 0.120. The van der Waals surface area contributed by atoms with Crippen molar-refractivity contribution in [1.82, 2.24) is 9.97 Å². The van der Waals surface area contributed by atoms with E-state index in [9.17, 15) is 5.11 Å². The third kappa shape index (κ3) is 2.98. The van der Waals surface area contributed by atoms with Gasteiger partial charge in [-0.15, -0.1) is 0 Å². The summed E-state index contributed by atoms with van der Waals surface area (Å²) in [7, 11) is 1.52. The summed E-state index contributed by atoms with van der Waals surface area (Å²) in [6, 6.07) is 8.77. The first-order valence-electron chi connectivity index (χ1n) is 6.69. The molecular weight excluding hydrogens is 280 g/mol. The van der Waals surface area contributed by atoms with Gasteiger partial charge in [0.15, 0.2) is 22.7 Å². The Labute approximate surface area is 127 Å². The van der Waals surface area contributed by atoms with Gasteiger partial charge in [0.1, 0.15) is 0 Å². The van der Waals surface area contributed by atoms with Gasteiger partial charge in [0.05, 0.1) is 7.11 Å². The molecule has 0 bridgehead atoms. The maximum atomic E-state index is 9.53. The zero-order valence-electron chi connectivity index (χ0n) is 11.9. The highest BCUT2D eigenvalue weighted by Crippen LogP contribution is 2.26. The average molecular weight is 294 g/mol. The average Bonchev–Trinajstić information content (AvgIpc) is 2.95. The Kier molecular flexibility index (Phi) is 3.87. The molecule has 0 aliphatic carbocycles. The number of phenolic OH excluding ortho intramolecular Hbond substituents is 1. The number of phenols is 1. The van der Waals surface area contributed by atoms with E-state index in [4.69, 9.17) is 9.15 Å². The van der Waals surface area contributed by atoms with Crippen LogP contribution in [-0.4, -0.2) is 22.2 Å². The van der Waals surface area contributed by atoms with Crippen molar-refractivity contribution in [2.24, 2.45) is 0 Å². The number of hydrogen-bond donors (Lipinski definition) is 1. The van der Waals surface area contributed by atoms with Gasteiger partial charge in [-0.1, -0.05) is 24.3 Å². The van der Waals surface area contributed by atoms with Crippen LogP contribution in [0.3, 0.4) is 0 Å². The van der Waals surface area contributed by atoms with Crippen molar-refractivity contribution in [1.29, 1.82) is 0 Å². The number of rotatable bonds is 4. The van der Waals surface area contributed by atoms with Crippen molar-refractivity contribution in [3.8, 4) is 11.5 Å². The van der Waals surface area contributed by atoms with Gasteiger partial charge in [-0.25, -0.2) is 4.98 Å². The van der Waals surface area contributed by atoms with Gasteiger partial charge in [-0.3, -0.25) is 0 Å². The molecule has 5 heteroatoms. The van der Waals surface area contributed by atoms with Gasteiger partial charge >= 0.3 is 0 Å². The Morgan fingerprint density at radius 3 is 2.86 bits per heavy atom. The molecular formula is C17H14N2O3. The van der Waals surface area contributed by atoms with Crippen molar-refractivity contribution in [2.75, 3.05) is 7.11 Å². The molecule has 0 fully saturated rings. The summed E-state index contributed by atoms with van der Waals surface area (Å²) in [6.07, 6.45) is 9.00. The third-order valence-electron chi connectivity index (χ3n) is 3.02. The van der Waals surface area contributed by atoms with Crippen molar-refractivity contribution < 1.29 is 14.3 Å². The Morgan fingerprint density at radius 2 is 2.05 bits per heavy atom. The molecule has 1 N–H and O–H groups in total. The predicted molar refractivity (Wildman–Crippen MR) is 84.5 cm³/mol. The summed E-state index contributed by atoms with van der Waals surface area (Å²) in [5, 5.41) is 9.53. The molecule has 0 saturated heterocycles. The standard InChI is InChI=1S/C17H14N2O3/c1-21-15-11-12(8-9-13(15)20)5-2-3-7-16-19-17-14(22-16)6-4-10-18-17/h2-11,20H,1H3/b5-2-,7-3+. The molecule has 2 aromatic heterocycles. The summed E-state index contributed by atoms with van der Waals surface area (Å²) in [4.78, 5) is 8.36. The van der Waals surface area contributed by atoms with E-state index >= 15 is 0 Å². The van der Waals surface area contributed by atoms with E-state index in [2.05, 4.69) is 9.97 Å². The minimum atomic E-state index is 0.120. The normalized spacial score (nSPS) is 11.7. The van der Waals surface area contributed by atoms with Crippen molar-refractivity contribution in [2.45, 2.75) is 0 Å². The van der Waals surface area contributed by atoms with E-state index in [0.717, 1.165) is 5.56 Å². The van der Waals surface area contributed by atoms with Crippen LogP contribution in [-0.2, 0) is 0 Å². The summed E-state index contributed by atoms with van der Waals surface area (Å²) in [5.41, 5.74) is 2.17. The molecule has 0 saturated carbocycles. The van der Waals surface area contributed by atoms with Crippen molar-refractivity contribution >= 4 is 23.4 Å². The second-order valence-corrected chi connectivity index (χ2v) is 4.53. The fraction of sp³-hybridized carbons (Fsp3) is 0.0588. The number of aromatic nitrogens is 2. The van der Waals surface area contributed by atoms with Gasteiger partial charge in [0.2, 0.25) is 5.89 Å². The smallest absolute Gasteiger partial charge is 0.221 e. The molecule has 0 aliphatic rings. The maximum absolute atomic E-state index is 9.53. The predicted octanol–water partition coefficient (Wildman–Crippen LogP) is 3.66. The number of pyridine rings is 1. The fourth-order valence-electron chi connectivity index (χ4n) is 1.96. The highest BCUT2D eigenvalue weighted by Gasteiger charge is 2.02. The molecule has 2 heterocycles. The number of fused-ring (bicyclic) bond motifs is 1. The summed E-state index contributed by atoms with van der Waals surface area (Å²) < 4.78 is 10.6. The maximum Gasteiger partial charge on any atom is 0.221 e. The number of oxazole rings is 1. The number of aromatic hydroxyl groups is 1. The van der Waals surface area contributed by atoms with Gasteiger partial charge in [0, 0.05) is 12.3 Å². The van der Waals surface area contributed by atoms with Crippen LogP contribution in [0.5, 0.6) is 11.5 Å². The van der Waals surface area contributed by atoms with Gasteiger partial charge in [-0.2, -0.15) is 4.98 Å². The molecule has 3 rings (SSSR count). The van der Waals surface area contributed by atoms with Crippen LogP contribution in [0, 0.1) is 0 Å². The number of methoxy groups -OCH3 is 1. The van der Waals surface area contributed by atoms with E-state index in [1.807, 2.05) is 24.3 Å². The van der Waals surface area contributed by atoms with Crippen LogP contribution >= 0.6 is 0 Å². The number of nitrogens with zero attached hydrogens (tertiary/aromatic N) is 2. The number of ether oxygens (including phenoxy) is 1. The first-order chi connectivity index (χ1) is 10.8. The number of benzene rings is 1. The largest absolute Gasteiger partial charge is 0.504 e. The van der Waals surface area contributed by atoms with Crippen LogP contribution in [0.25, 0.3) is 23.4 Å². The van der Waals surface area contributed by atoms with E-state index in [0.29, 0.717) is 22.9 Å². The second kappa shape index (κ2) is 6.13. The van der Waals surface area contributed by atoms with Crippen LogP contribution in [0.4, 0.5) is 0 Å². The lowest BCUT2D eigenvalue weighted by Gasteiger charge is -2.03. The van der Waals surface area contributed by atoms with Crippen LogP contribution in [0.1, 0.15) is 11.5 Å². The van der Waals surface area contributed by atoms with Crippen LogP contribution in [0.15, 0.2) is 53.1 Å². The van der Waals surface area contributed by atoms with Crippen molar-refractivity contribution in [3.63, 3.8) is 0 Å². The van der Waals surface area contributed by atoms with Gasteiger partial charge < -0.3 is 14.3 Å². The van der Waals surface area contributed by atoms with E-state index in [1.54, 1.807) is 36.5 Å². The molecule has 110 valence electrons. The monoisotopic (exact) mass is 294 g/mol. The molecule has 0 unspecified atom stereocenters. The molecule has 0 radical (unpaired) electrons. The highest BCUT2D eigenvalue weighted by molar-refractivity contribution is 5.69. The Morgan fingerprint density at radius 1 is 1.18 bits per heavy atom. The van der Waals surface area contributed by atoms with E-state index in [1.165, 1.54) is 7.11 Å². The Hall–Kier alpha value is -3.08. The molecule has 0 aliphatic heterocycles. The molecule has 0 atom stereocenters. The molecule has 5 nitrogen and oxygen atoms in total. The first kappa shape index (κ1) is 13.9. The summed E-state index contributed by atoms with van der Waals surface area (Å²) in [5.74, 6) is 1.06. The lowest BCUT2D eigenvalue weighted by atomic mass is 10.2. The topological polar surface area (TPSA) is 68.4 Å². The second-order valence-electron chi connectivity index (χ2n) is 4.53. The zero-order chi connectivity index (χ0) is 15.4. The molecule has 1 aromatic carbocycles.